The molecule has 0 aliphatic carbocycles. The molecule has 1 heterocycles. The molecule has 0 bridgehead atoms. The average molecular weight is 198 g/mol. The lowest BCUT2D eigenvalue weighted by molar-refractivity contribution is 0.0946. The Balaban J connectivity index is 2.76. The van der Waals surface area contributed by atoms with Crippen LogP contribution in [0.4, 0.5) is 0 Å². The summed E-state index contributed by atoms with van der Waals surface area (Å²) in [6.07, 6.45) is 0.810. The number of hydrogen-bond donors (Lipinski definition) is 1. The van der Waals surface area contributed by atoms with Crippen LogP contribution in [-0.4, -0.2) is 16.9 Å². The number of nitrogens with one attached hydrogen (secondary N) is 1. The SMILES string of the molecule is CCc1ncsc1C(=O)NC(C)C. The summed E-state index contributed by atoms with van der Waals surface area (Å²) in [4.78, 5) is 16.4. The number of carbonyl (C=O) groups is 1. The summed E-state index contributed by atoms with van der Waals surface area (Å²) in [5, 5.41) is 2.85. The fraction of sp³-hybridized carbons (Fsp3) is 0.556. The molecule has 3 nitrogen and oxygen atoms in total. The molecule has 0 saturated carbocycles. The first-order valence-electron chi connectivity index (χ1n) is 4.38. The summed E-state index contributed by atoms with van der Waals surface area (Å²) in [6.45, 7) is 5.90. The van der Waals surface area contributed by atoms with Crippen molar-refractivity contribution in [2.45, 2.75) is 33.2 Å². The minimum absolute atomic E-state index is 0.00523. The molecule has 0 atom stereocenters. The minimum Gasteiger partial charge on any atom is -0.349 e. The van der Waals surface area contributed by atoms with Gasteiger partial charge in [-0.3, -0.25) is 4.79 Å². The molecular weight excluding hydrogens is 184 g/mol. The van der Waals surface area contributed by atoms with E-state index in [9.17, 15) is 4.79 Å². The fourth-order valence-electron chi connectivity index (χ4n) is 1.03. The summed E-state index contributed by atoms with van der Waals surface area (Å²) >= 11 is 1.40. The van der Waals surface area contributed by atoms with Gasteiger partial charge in [0.15, 0.2) is 0 Å². The zero-order chi connectivity index (χ0) is 9.84. The van der Waals surface area contributed by atoms with E-state index >= 15 is 0 Å². The van der Waals surface area contributed by atoms with Gasteiger partial charge in [-0.2, -0.15) is 0 Å². The monoisotopic (exact) mass is 198 g/mol. The first-order chi connectivity index (χ1) is 6.15. The van der Waals surface area contributed by atoms with Gasteiger partial charge in [0.1, 0.15) is 4.88 Å². The molecular formula is C9H14N2OS. The molecule has 1 aromatic rings. The van der Waals surface area contributed by atoms with E-state index in [1.807, 2.05) is 20.8 Å². The molecule has 1 N–H and O–H groups in total. The summed E-state index contributed by atoms with van der Waals surface area (Å²) in [5.74, 6) is -0.00523. The molecule has 1 rings (SSSR count). The maximum Gasteiger partial charge on any atom is 0.263 e. The Bertz CT molecular complexity index is 294. The van der Waals surface area contributed by atoms with Crippen LogP contribution in [0.25, 0.3) is 0 Å². The van der Waals surface area contributed by atoms with E-state index in [-0.39, 0.29) is 11.9 Å². The third-order valence-electron chi connectivity index (χ3n) is 1.60. The molecule has 4 heteroatoms. The first kappa shape index (κ1) is 10.2. The number of aryl methyl sites for hydroxylation is 1. The number of thiazole rings is 1. The van der Waals surface area contributed by atoms with Crippen LogP contribution in [0.5, 0.6) is 0 Å². The molecule has 0 aliphatic heterocycles. The molecule has 0 saturated heterocycles. The van der Waals surface area contributed by atoms with Crippen molar-refractivity contribution >= 4 is 17.2 Å². The summed E-state index contributed by atoms with van der Waals surface area (Å²) < 4.78 is 0. The lowest BCUT2D eigenvalue weighted by Crippen LogP contribution is -2.30. The second-order valence-corrected chi connectivity index (χ2v) is 3.96. The summed E-state index contributed by atoms with van der Waals surface area (Å²) in [7, 11) is 0. The smallest absolute Gasteiger partial charge is 0.263 e. The van der Waals surface area contributed by atoms with Crippen LogP contribution in [0.15, 0.2) is 5.51 Å². The topological polar surface area (TPSA) is 42.0 Å². The third-order valence-corrected chi connectivity index (χ3v) is 2.47. The number of amides is 1. The van der Waals surface area contributed by atoms with Crippen molar-refractivity contribution in [2.24, 2.45) is 0 Å². The van der Waals surface area contributed by atoms with Gasteiger partial charge in [-0.1, -0.05) is 6.92 Å². The Kier molecular flexibility index (Phi) is 3.42. The van der Waals surface area contributed by atoms with Gasteiger partial charge in [0.05, 0.1) is 11.2 Å². The number of rotatable bonds is 3. The molecule has 0 unspecified atom stereocenters. The van der Waals surface area contributed by atoms with Gasteiger partial charge in [0.2, 0.25) is 0 Å². The van der Waals surface area contributed by atoms with Crippen molar-refractivity contribution in [1.82, 2.24) is 10.3 Å². The largest absolute Gasteiger partial charge is 0.349 e. The predicted octanol–water partition coefficient (Wildman–Crippen LogP) is 1.84. The van der Waals surface area contributed by atoms with E-state index < -0.39 is 0 Å². The van der Waals surface area contributed by atoms with Crippen LogP contribution in [-0.2, 0) is 6.42 Å². The second-order valence-electron chi connectivity index (χ2n) is 3.11. The van der Waals surface area contributed by atoms with E-state index in [1.165, 1.54) is 11.3 Å². The van der Waals surface area contributed by atoms with Gasteiger partial charge in [-0.05, 0) is 20.3 Å². The Morgan fingerprint density at radius 2 is 2.38 bits per heavy atom. The Labute approximate surface area is 82.2 Å². The van der Waals surface area contributed by atoms with E-state index in [1.54, 1.807) is 5.51 Å². The van der Waals surface area contributed by atoms with Crippen LogP contribution in [0, 0.1) is 0 Å². The van der Waals surface area contributed by atoms with Crippen molar-refractivity contribution in [3.63, 3.8) is 0 Å². The van der Waals surface area contributed by atoms with E-state index in [0.29, 0.717) is 0 Å². The number of hydrogen-bond acceptors (Lipinski definition) is 3. The molecule has 1 aromatic heterocycles. The molecule has 13 heavy (non-hydrogen) atoms. The fourth-order valence-corrected chi connectivity index (χ4v) is 1.82. The highest BCUT2D eigenvalue weighted by atomic mass is 32.1. The Morgan fingerprint density at radius 3 is 2.92 bits per heavy atom. The van der Waals surface area contributed by atoms with Crippen molar-refractivity contribution in [3.05, 3.63) is 16.1 Å². The van der Waals surface area contributed by atoms with Gasteiger partial charge in [0, 0.05) is 6.04 Å². The van der Waals surface area contributed by atoms with E-state index in [0.717, 1.165) is 17.0 Å². The molecule has 0 aliphatic rings. The van der Waals surface area contributed by atoms with Crippen molar-refractivity contribution < 1.29 is 4.79 Å². The zero-order valence-electron chi connectivity index (χ0n) is 8.13. The maximum atomic E-state index is 11.6. The van der Waals surface area contributed by atoms with E-state index in [2.05, 4.69) is 10.3 Å². The third kappa shape index (κ3) is 2.52. The van der Waals surface area contributed by atoms with Crippen LogP contribution < -0.4 is 5.32 Å². The van der Waals surface area contributed by atoms with Gasteiger partial charge in [0.25, 0.3) is 5.91 Å². The average Bonchev–Trinajstić information content (AvgIpc) is 2.49. The predicted molar refractivity (Wildman–Crippen MR) is 54.1 cm³/mol. The highest BCUT2D eigenvalue weighted by Gasteiger charge is 2.13. The summed E-state index contributed by atoms with van der Waals surface area (Å²) in [6, 6.07) is 0.180. The first-order valence-corrected chi connectivity index (χ1v) is 5.26. The molecule has 72 valence electrons. The normalized spacial score (nSPS) is 10.5. The van der Waals surface area contributed by atoms with Crippen LogP contribution >= 0.6 is 11.3 Å². The second kappa shape index (κ2) is 4.37. The van der Waals surface area contributed by atoms with Gasteiger partial charge >= 0.3 is 0 Å². The Hall–Kier alpha value is -0.900. The maximum absolute atomic E-state index is 11.6. The lowest BCUT2D eigenvalue weighted by Gasteiger charge is -2.06. The molecule has 0 spiro atoms. The van der Waals surface area contributed by atoms with Crippen molar-refractivity contribution in [1.29, 1.82) is 0 Å². The highest BCUT2D eigenvalue weighted by Crippen LogP contribution is 2.13. The quantitative estimate of drug-likeness (QED) is 0.805. The van der Waals surface area contributed by atoms with Crippen molar-refractivity contribution in [2.75, 3.05) is 0 Å². The van der Waals surface area contributed by atoms with Gasteiger partial charge in [-0.15, -0.1) is 11.3 Å². The molecule has 0 aromatic carbocycles. The lowest BCUT2D eigenvalue weighted by atomic mass is 10.2. The van der Waals surface area contributed by atoms with Crippen LogP contribution in [0.1, 0.15) is 36.1 Å². The van der Waals surface area contributed by atoms with Crippen LogP contribution in [0.2, 0.25) is 0 Å². The van der Waals surface area contributed by atoms with Crippen LogP contribution in [0.3, 0.4) is 0 Å². The minimum atomic E-state index is -0.00523. The molecule has 0 fully saturated rings. The highest BCUT2D eigenvalue weighted by molar-refractivity contribution is 7.11. The number of aromatic nitrogens is 1. The standard InChI is InChI=1S/C9H14N2OS/c1-4-7-8(13-5-10-7)9(12)11-6(2)3/h5-6H,4H2,1-3H3,(H,11,12). The summed E-state index contributed by atoms with van der Waals surface area (Å²) in [5.41, 5.74) is 2.61. The van der Waals surface area contributed by atoms with Gasteiger partial charge in [-0.25, -0.2) is 4.98 Å². The number of carbonyl (C=O) groups excluding carboxylic acids is 1. The zero-order valence-corrected chi connectivity index (χ0v) is 8.94. The Morgan fingerprint density at radius 1 is 1.69 bits per heavy atom. The molecule has 1 amide bonds. The molecule has 0 radical (unpaired) electrons. The number of nitrogens with zero attached hydrogens (tertiary/aromatic N) is 1. The van der Waals surface area contributed by atoms with E-state index in [4.69, 9.17) is 0 Å². The van der Waals surface area contributed by atoms with Crippen molar-refractivity contribution in [3.8, 4) is 0 Å². The van der Waals surface area contributed by atoms with Gasteiger partial charge < -0.3 is 5.32 Å².